The molecule has 202 valence electrons. The van der Waals surface area contributed by atoms with Gasteiger partial charge in [-0.2, -0.15) is 8.42 Å². The molecule has 0 aromatic carbocycles. The summed E-state index contributed by atoms with van der Waals surface area (Å²) in [6.45, 7) is 6.75. The average molecular weight is 516 g/mol. The molecule has 0 bridgehead atoms. The number of amides is 1. The Balaban J connectivity index is 1.42. The van der Waals surface area contributed by atoms with E-state index in [1.165, 1.54) is 0 Å². The van der Waals surface area contributed by atoms with Crippen LogP contribution in [0.5, 0.6) is 0 Å². The zero-order chi connectivity index (χ0) is 25.8. The number of fused-ring (bicyclic) bond motifs is 5. The lowest BCUT2D eigenvalue weighted by molar-refractivity contribution is -0.223. The molecule has 1 amide bonds. The lowest BCUT2D eigenvalue weighted by Crippen LogP contribution is -2.64. The molecule has 0 heterocycles. The highest BCUT2D eigenvalue weighted by atomic mass is 32.2. The molecule has 0 spiro atoms. The van der Waals surface area contributed by atoms with Gasteiger partial charge in [0.25, 0.3) is 10.1 Å². The van der Waals surface area contributed by atoms with Crippen LogP contribution in [0, 0.1) is 46.3 Å². The van der Waals surface area contributed by atoms with Crippen molar-refractivity contribution in [1.29, 1.82) is 0 Å². The number of carbonyl (C=O) groups is 1. The molecule has 0 aromatic heterocycles. The Hall–Kier alpha value is -0.740. The molecule has 0 aromatic rings. The predicted molar refractivity (Wildman–Crippen MR) is 132 cm³/mol. The van der Waals surface area contributed by atoms with Crippen molar-refractivity contribution in [2.45, 2.75) is 96.9 Å². The molecule has 0 aliphatic heterocycles. The third-order valence-electron chi connectivity index (χ3n) is 11.0. The Labute approximate surface area is 210 Å². The van der Waals surface area contributed by atoms with Crippen LogP contribution >= 0.6 is 0 Å². The smallest absolute Gasteiger partial charge is 0.266 e. The minimum absolute atomic E-state index is 0.0479. The molecule has 5 N–H and O–H groups in total. The van der Waals surface area contributed by atoms with Crippen LogP contribution in [0.4, 0.5) is 0 Å². The number of nitrogens with one attached hydrogen (secondary N) is 1. The van der Waals surface area contributed by atoms with Crippen molar-refractivity contribution in [3.8, 4) is 0 Å². The summed E-state index contributed by atoms with van der Waals surface area (Å²) in [7, 11) is -4.08. The Morgan fingerprint density at radius 1 is 0.971 bits per heavy atom. The zero-order valence-electron chi connectivity index (χ0n) is 21.4. The van der Waals surface area contributed by atoms with Gasteiger partial charge in [-0.3, -0.25) is 9.35 Å². The first kappa shape index (κ1) is 27.3. The Morgan fingerprint density at radius 3 is 2.31 bits per heavy atom. The van der Waals surface area contributed by atoms with Gasteiger partial charge in [-0.25, -0.2) is 0 Å². The van der Waals surface area contributed by atoms with E-state index in [2.05, 4.69) is 26.1 Å². The Kier molecular flexibility index (Phi) is 7.69. The molecule has 0 saturated heterocycles. The van der Waals surface area contributed by atoms with Gasteiger partial charge in [0.05, 0.1) is 24.1 Å². The maximum absolute atomic E-state index is 12.2. The molecule has 35 heavy (non-hydrogen) atoms. The summed E-state index contributed by atoms with van der Waals surface area (Å²) < 4.78 is 30.5. The van der Waals surface area contributed by atoms with Crippen LogP contribution in [0.25, 0.3) is 0 Å². The van der Waals surface area contributed by atoms with Gasteiger partial charge in [0.1, 0.15) is 0 Å². The van der Waals surface area contributed by atoms with Gasteiger partial charge >= 0.3 is 0 Å². The monoisotopic (exact) mass is 515 g/mol. The summed E-state index contributed by atoms with van der Waals surface area (Å²) in [5.74, 6) is 0.781. The van der Waals surface area contributed by atoms with Crippen molar-refractivity contribution in [2.24, 2.45) is 46.3 Å². The molecule has 4 aliphatic carbocycles. The van der Waals surface area contributed by atoms with Crippen LogP contribution in [0.1, 0.15) is 78.6 Å². The summed E-state index contributed by atoms with van der Waals surface area (Å²) in [4.78, 5) is 12.2. The molecule has 4 aliphatic rings. The van der Waals surface area contributed by atoms with E-state index < -0.39 is 28.1 Å². The van der Waals surface area contributed by atoms with Crippen LogP contribution < -0.4 is 5.32 Å². The molecule has 0 radical (unpaired) electrons. The van der Waals surface area contributed by atoms with Gasteiger partial charge in [0.2, 0.25) is 5.91 Å². The number of hydrogen-bond donors (Lipinski definition) is 5. The zero-order valence-corrected chi connectivity index (χ0v) is 22.2. The van der Waals surface area contributed by atoms with E-state index in [-0.39, 0.29) is 41.2 Å². The highest BCUT2D eigenvalue weighted by molar-refractivity contribution is 7.85. The number of rotatable bonds is 7. The van der Waals surface area contributed by atoms with Crippen LogP contribution in [-0.2, 0) is 14.9 Å². The predicted octanol–water partition coefficient (Wildman–Crippen LogP) is 2.37. The van der Waals surface area contributed by atoms with Gasteiger partial charge < -0.3 is 20.6 Å². The molecule has 4 rings (SSSR count). The maximum atomic E-state index is 12.2. The van der Waals surface area contributed by atoms with E-state index in [9.17, 15) is 28.5 Å². The largest absolute Gasteiger partial charge is 0.393 e. The van der Waals surface area contributed by atoms with Crippen molar-refractivity contribution in [2.75, 3.05) is 12.3 Å². The quantitative estimate of drug-likeness (QED) is 0.327. The first-order valence-electron chi connectivity index (χ1n) is 13.5. The fourth-order valence-electron chi connectivity index (χ4n) is 9.18. The van der Waals surface area contributed by atoms with Gasteiger partial charge in [-0.1, -0.05) is 20.8 Å². The van der Waals surface area contributed by atoms with Gasteiger partial charge in [0, 0.05) is 13.0 Å². The molecule has 9 heteroatoms. The maximum Gasteiger partial charge on any atom is 0.266 e. The topological polar surface area (TPSA) is 144 Å². The van der Waals surface area contributed by atoms with Crippen molar-refractivity contribution in [3.05, 3.63) is 0 Å². The normalized spacial score (nSPS) is 46.3. The van der Waals surface area contributed by atoms with Gasteiger partial charge in [0.15, 0.2) is 0 Å². The molecule has 4 fully saturated rings. The lowest BCUT2D eigenvalue weighted by Gasteiger charge is -2.63. The van der Waals surface area contributed by atoms with Gasteiger partial charge in [-0.05, 0) is 97.7 Å². The van der Waals surface area contributed by atoms with Crippen LogP contribution in [0.15, 0.2) is 0 Å². The van der Waals surface area contributed by atoms with E-state index in [4.69, 9.17) is 4.55 Å². The number of hydrogen-bond acceptors (Lipinski definition) is 6. The third-order valence-corrected chi connectivity index (χ3v) is 11.7. The second-order valence-corrected chi connectivity index (χ2v) is 14.3. The third kappa shape index (κ3) is 5.05. The van der Waals surface area contributed by atoms with E-state index in [1.807, 2.05) is 0 Å². The van der Waals surface area contributed by atoms with Crippen LogP contribution in [-0.4, -0.2) is 64.8 Å². The first-order valence-corrected chi connectivity index (χ1v) is 15.1. The summed E-state index contributed by atoms with van der Waals surface area (Å²) in [6.07, 6.45) is 5.54. The SMILES string of the molecule is C[C@H](CCC(=O)NCCS(=O)(=O)O)[C@H]1CC[C@H]2[C@@H]3[C@@H](O)[C@H](O)[C@@H]4C[C@H](O)CC[C@]4(C)[C@H]3CC[C@]12C. The lowest BCUT2D eigenvalue weighted by atomic mass is 9.43. The molecule has 4 saturated carbocycles. The standard InChI is InChI=1S/C26H45NO7S/c1-15(4-7-21(29)27-12-13-35(32,33)34)17-5-6-18-22-19(9-11-25(17,18)2)26(3)10-8-16(28)14-20(26)23(30)24(22)31/h15-20,22-24,28,30-31H,4-14H2,1-3H3,(H,27,29)(H,32,33,34)/t15-,16-,17-,18+,19+,20+,22+,23-,24-,25-,26-/m1/s1. The minimum atomic E-state index is -4.08. The molecular weight excluding hydrogens is 470 g/mol. The number of aliphatic hydroxyl groups excluding tert-OH is 3. The Morgan fingerprint density at radius 2 is 1.63 bits per heavy atom. The second-order valence-electron chi connectivity index (χ2n) is 12.7. The highest BCUT2D eigenvalue weighted by Gasteiger charge is 2.65. The summed E-state index contributed by atoms with van der Waals surface area (Å²) in [6, 6.07) is 0. The molecule has 8 nitrogen and oxygen atoms in total. The number of aliphatic hydroxyl groups is 3. The fraction of sp³-hybridized carbons (Fsp3) is 0.962. The van der Waals surface area contributed by atoms with E-state index >= 15 is 0 Å². The molecule has 0 unspecified atom stereocenters. The van der Waals surface area contributed by atoms with E-state index in [0.29, 0.717) is 42.9 Å². The fourth-order valence-corrected chi connectivity index (χ4v) is 9.54. The van der Waals surface area contributed by atoms with Crippen molar-refractivity contribution in [3.63, 3.8) is 0 Å². The van der Waals surface area contributed by atoms with E-state index in [0.717, 1.165) is 38.5 Å². The van der Waals surface area contributed by atoms with Crippen molar-refractivity contribution < 1.29 is 33.1 Å². The molecular formula is C26H45NO7S. The summed E-state index contributed by atoms with van der Waals surface area (Å²) in [5.41, 5.74) is 0.00776. The van der Waals surface area contributed by atoms with Gasteiger partial charge in [-0.15, -0.1) is 0 Å². The minimum Gasteiger partial charge on any atom is -0.393 e. The number of carbonyl (C=O) groups excluding carboxylic acids is 1. The molecule has 11 atom stereocenters. The van der Waals surface area contributed by atoms with Crippen LogP contribution in [0.2, 0.25) is 0 Å². The summed E-state index contributed by atoms with van der Waals surface area (Å²) in [5, 5.41) is 35.4. The van der Waals surface area contributed by atoms with Crippen LogP contribution in [0.3, 0.4) is 0 Å². The second kappa shape index (κ2) is 9.86. The van der Waals surface area contributed by atoms with Crippen molar-refractivity contribution in [1.82, 2.24) is 5.32 Å². The van der Waals surface area contributed by atoms with Crippen molar-refractivity contribution >= 4 is 16.0 Å². The highest BCUT2D eigenvalue weighted by Crippen LogP contribution is 2.68. The average Bonchev–Trinajstić information content (AvgIpc) is 3.13. The Bertz CT molecular complexity index is 896. The van der Waals surface area contributed by atoms with E-state index in [1.54, 1.807) is 0 Å². The first-order chi connectivity index (χ1) is 16.3. The summed E-state index contributed by atoms with van der Waals surface area (Å²) >= 11 is 0.